The van der Waals surface area contributed by atoms with Gasteiger partial charge in [-0.3, -0.25) is 9.36 Å². The molecule has 1 aromatic carbocycles. The first-order valence-corrected chi connectivity index (χ1v) is 6.67. The van der Waals surface area contributed by atoms with E-state index in [1.807, 2.05) is 0 Å². The molecule has 114 valence electrons. The van der Waals surface area contributed by atoms with Crippen LogP contribution in [0.4, 0.5) is 10.5 Å². The Labute approximate surface area is 125 Å². The van der Waals surface area contributed by atoms with Crippen LogP contribution in [0.3, 0.4) is 0 Å². The molecule has 3 rings (SSSR count). The van der Waals surface area contributed by atoms with Crippen molar-refractivity contribution in [3.8, 4) is 11.5 Å². The molecule has 0 atom stereocenters. The molecule has 0 aliphatic carbocycles. The molecule has 0 unspecified atom stereocenters. The number of nitrogens with one attached hydrogen (secondary N) is 2. The number of carbonyl (C=O) groups is 1. The largest absolute Gasteiger partial charge is 0.454 e. The highest BCUT2D eigenvalue weighted by Gasteiger charge is 2.13. The van der Waals surface area contributed by atoms with Gasteiger partial charge in [-0.05, 0) is 12.1 Å². The molecule has 2 heterocycles. The van der Waals surface area contributed by atoms with Crippen molar-refractivity contribution >= 4 is 11.7 Å². The van der Waals surface area contributed by atoms with Gasteiger partial charge in [-0.15, -0.1) is 0 Å². The smallest absolute Gasteiger partial charge is 0.319 e. The fraction of sp³-hybridized carbons (Fsp3) is 0.214. The Balaban J connectivity index is 1.50. The van der Waals surface area contributed by atoms with Crippen molar-refractivity contribution in [2.24, 2.45) is 0 Å². The van der Waals surface area contributed by atoms with Crippen LogP contribution in [0.15, 0.2) is 41.6 Å². The molecular weight excluding hydrogens is 288 g/mol. The lowest BCUT2D eigenvalue weighted by Crippen LogP contribution is -2.33. The molecule has 0 saturated carbocycles. The summed E-state index contributed by atoms with van der Waals surface area (Å²) >= 11 is 0. The number of urea groups is 1. The van der Waals surface area contributed by atoms with Crippen LogP contribution in [0.5, 0.6) is 11.5 Å². The minimum Gasteiger partial charge on any atom is -0.454 e. The van der Waals surface area contributed by atoms with Gasteiger partial charge in [0.05, 0.1) is 6.33 Å². The summed E-state index contributed by atoms with van der Waals surface area (Å²) in [7, 11) is 0. The van der Waals surface area contributed by atoms with Gasteiger partial charge in [-0.2, -0.15) is 0 Å². The number of hydrogen-bond donors (Lipinski definition) is 2. The van der Waals surface area contributed by atoms with E-state index in [1.165, 1.54) is 23.2 Å². The molecule has 2 aromatic rings. The minimum absolute atomic E-state index is 0.159. The standard InChI is InChI=1S/C14H14N4O4/c19-13-3-4-15-8-18(13)6-5-16-14(20)17-10-1-2-11-12(7-10)22-9-21-11/h1-4,7-8H,5-6,9H2,(H2,16,17,20). The minimum atomic E-state index is -0.365. The number of anilines is 1. The summed E-state index contributed by atoms with van der Waals surface area (Å²) in [5.41, 5.74) is 0.438. The van der Waals surface area contributed by atoms with Gasteiger partial charge < -0.3 is 20.1 Å². The van der Waals surface area contributed by atoms with Crippen LogP contribution in [-0.4, -0.2) is 28.9 Å². The third kappa shape index (κ3) is 3.17. The van der Waals surface area contributed by atoms with Crippen molar-refractivity contribution < 1.29 is 14.3 Å². The number of aromatic nitrogens is 2. The molecule has 2 N–H and O–H groups in total. The second-order valence-corrected chi connectivity index (χ2v) is 4.56. The summed E-state index contributed by atoms with van der Waals surface area (Å²) in [6.45, 7) is 0.841. The van der Waals surface area contributed by atoms with Crippen LogP contribution >= 0.6 is 0 Å². The SMILES string of the molecule is O=C(NCCn1cnccc1=O)Nc1ccc2c(c1)OCO2. The second-order valence-electron chi connectivity index (χ2n) is 4.56. The van der Waals surface area contributed by atoms with Crippen LogP contribution in [0.25, 0.3) is 0 Å². The lowest BCUT2D eigenvalue weighted by Gasteiger charge is -2.09. The fourth-order valence-corrected chi connectivity index (χ4v) is 1.99. The molecule has 1 aromatic heterocycles. The second kappa shape index (κ2) is 6.17. The quantitative estimate of drug-likeness (QED) is 0.871. The van der Waals surface area contributed by atoms with Crippen molar-refractivity contribution in [1.29, 1.82) is 0 Å². The zero-order valence-electron chi connectivity index (χ0n) is 11.6. The highest BCUT2D eigenvalue weighted by Crippen LogP contribution is 2.34. The molecule has 0 fully saturated rings. The van der Waals surface area contributed by atoms with E-state index < -0.39 is 0 Å². The van der Waals surface area contributed by atoms with E-state index in [4.69, 9.17) is 9.47 Å². The molecule has 8 nitrogen and oxygen atoms in total. The average Bonchev–Trinajstić information content (AvgIpc) is 2.97. The topological polar surface area (TPSA) is 94.5 Å². The van der Waals surface area contributed by atoms with Crippen LogP contribution < -0.4 is 25.7 Å². The number of hydrogen-bond acceptors (Lipinski definition) is 5. The number of fused-ring (bicyclic) bond motifs is 1. The number of benzene rings is 1. The van der Waals surface area contributed by atoms with Crippen molar-refractivity contribution in [1.82, 2.24) is 14.9 Å². The van der Waals surface area contributed by atoms with Gasteiger partial charge in [0, 0.05) is 37.1 Å². The van der Waals surface area contributed by atoms with Gasteiger partial charge in [-0.25, -0.2) is 9.78 Å². The first-order valence-electron chi connectivity index (χ1n) is 6.67. The Morgan fingerprint density at radius 2 is 2.14 bits per heavy atom. The zero-order valence-corrected chi connectivity index (χ0v) is 11.6. The van der Waals surface area contributed by atoms with Crippen molar-refractivity contribution in [3.63, 3.8) is 0 Å². The maximum Gasteiger partial charge on any atom is 0.319 e. The van der Waals surface area contributed by atoms with Gasteiger partial charge in [0.25, 0.3) is 5.56 Å². The van der Waals surface area contributed by atoms with E-state index in [0.29, 0.717) is 30.3 Å². The highest BCUT2D eigenvalue weighted by molar-refractivity contribution is 5.89. The maximum atomic E-state index is 11.8. The Morgan fingerprint density at radius 3 is 3.00 bits per heavy atom. The molecule has 1 aliphatic rings. The summed E-state index contributed by atoms with van der Waals surface area (Å²) in [5.74, 6) is 1.25. The molecule has 0 bridgehead atoms. The number of carbonyl (C=O) groups excluding carboxylic acids is 1. The van der Waals surface area contributed by atoms with Gasteiger partial charge in [0.15, 0.2) is 11.5 Å². The number of amides is 2. The van der Waals surface area contributed by atoms with Crippen LogP contribution in [0.1, 0.15) is 0 Å². The predicted molar refractivity (Wildman–Crippen MR) is 78.1 cm³/mol. The summed E-state index contributed by atoms with van der Waals surface area (Å²) in [5, 5.41) is 5.35. The van der Waals surface area contributed by atoms with Crippen LogP contribution in [0, 0.1) is 0 Å². The number of ether oxygens (including phenoxy) is 2. The first-order chi connectivity index (χ1) is 10.7. The van der Waals surface area contributed by atoms with Crippen molar-refractivity contribution in [3.05, 3.63) is 47.1 Å². The van der Waals surface area contributed by atoms with Gasteiger partial charge in [0.2, 0.25) is 6.79 Å². The molecule has 0 spiro atoms. The Bertz CT molecular complexity index is 744. The molecule has 1 aliphatic heterocycles. The van der Waals surface area contributed by atoms with Gasteiger partial charge in [0.1, 0.15) is 0 Å². The molecule has 0 saturated heterocycles. The van der Waals surface area contributed by atoms with Crippen molar-refractivity contribution in [2.45, 2.75) is 6.54 Å². The first kappa shape index (κ1) is 13.9. The van der Waals surface area contributed by atoms with E-state index in [9.17, 15) is 9.59 Å². The highest BCUT2D eigenvalue weighted by atomic mass is 16.7. The van der Waals surface area contributed by atoms with Crippen LogP contribution in [-0.2, 0) is 6.54 Å². The Hall–Kier alpha value is -3.03. The van der Waals surface area contributed by atoms with E-state index in [-0.39, 0.29) is 18.4 Å². The summed E-state index contributed by atoms with van der Waals surface area (Å²) in [6.07, 6.45) is 2.86. The van der Waals surface area contributed by atoms with Gasteiger partial charge in [-0.1, -0.05) is 0 Å². The monoisotopic (exact) mass is 302 g/mol. The molecule has 22 heavy (non-hydrogen) atoms. The normalized spacial score (nSPS) is 12.0. The third-order valence-electron chi connectivity index (χ3n) is 3.06. The molecule has 8 heteroatoms. The van der Waals surface area contributed by atoms with E-state index in [2.05, 4.69) is 15.6 Å². The third-order valence-corrected chi connectivity index (χ3v) is 3.06. The van der Waals surface area contributed by atoms with E-state index >= 15 is 0 Å². The molecular formula is C14H14N4O4. The molecule has 0 radical (unpaired) electrons. The predicted octanol–water partition coefficient (Wildman–Crippen LogP) is 0.794. The summed E-state index contributed by atoms with van der Waals surface area (Å²) < 4.78 is 11.8. The van der Waals surface area contributed by atoms with Gasteiger partial charge >= 0.3 is 6.03 Å². The lowest BCUT2D eigenvalue weighted by atomic mass is 10.3. The maximum absolute atomic E-state index is 11.8. The van der Waals surface area contributed by atoms with Crippen LogP contribution in [0.2, 0.25) is 0 Å². The number of nitrogens with zero attached hydrogens (tertiary/aromatic N) is 2. The lowest BCUT2D eigenvalue weighted by molar-refractivity contribution is 0.174. The summed E-state index contributed by atoms with van der Waals surface area (Å²) in [6, 6.07) is 6.14. The number of rotatable bonds is 4. The summed E-state index contributed by atoms with van der Waals surface area (Å²) in [4.78, 5) is 27.1. The Morgan fingerprint density at radius 1 is 1.27 bits per heavy atom. The van der Waals surface area contributed by atoms with E-state index in [1.54, 1.807) is 18.2 Å². The van der Waals surface area contributed by atoms with E-state index in [0.717, 1.165) is 0 Å². The molecule has 2 amide bonds. The Kier molecular flexibility index (Phi) is 3.90. The van der Waals surface area contributed by atoms with Crippen molar-refractivity contribution in [2.75, 3.05) is 18.7 Å². The zero-order chi connectivity index (χ0) is 15.4. The fourth-order valence-electron chi connectivity index (χ4n) is 1.99. The average molecular weight is 302 g/mol.